The summed E-state index contributed by atoms with van der Waals surface area (Å²) in [5, 5.41) is 8.93. The van der Waals surface area contributed by atoms with E-state index in [4.69, 9.17) is 9.52 Å². The topological polar surface area (TPSA) is 63.3 Å². The van der Waals surface area contributed by atoms with Gasteiger partial charge in [-0.25, -0.2) is 9.78 Å². The van der Waals surface area contributed by atoms with E-state index in [0.29, 0.717) is 11.6 Å². The highest BCUT2D eigenvalue weighted by atomic mass is 16.4. The Hall–Kier alpha value is -1.32. The third-order valence-electron chi connectivity index (χ3n) is 3.46. The van der Waals surface area contributed by atoms with Gasteiger partial charge in [0.1, 0.15) is 0 Å². The molecule has 1 fully saturated rings. The number of hydrogen-bond acceptors (Lipinski definition) is 3. The van der Waals surface area contributed by atoms with Crippen LogP contribution in [0.2, 0.25) is 0 Å². The number of rotatable bonds is 2. The van der Waals surface area contributed by atoms with Crippen LogP contribution in [0.5, 0.6) is 0 Å². The summed E-state index contributed by atoms with van der Waals surface area (Å²) in [7, 11) is 0. The van der Waals surface area contributed by atoms with Crippen molar-refractivity contribution in [3.8, 4) is 0 Å². The number of hydrogen-bond donors (Lipinski definition) is 1. The van der Waals surface area contributed by atoms with Crippen LogP contribution in [0.15, 0.2) is 4.42 Å². The number of oxazole rings is 1. The van der Waals surface area contributed by atoms with Gasteiger partial charge in [0.25, 0.3) is 0 Å². The highest BCUT2D eigenvalue weighted by Crippen LogP contribution is 2.38. The van der Waals surface area contributed by atoms with E-state index in [1.54, 1.807) is 6.92 Å². The van der Waals surface area contributed by atoms with Crippen molar-refractivity contribution in [2.75, 3.05) is 0 Å². The lowest BCUT2D eigenvalue weighted by Crippen LogP contribution is -2.25. The van der Waals surface area contributed by atoms with Gasteiger partial charge in [-0.05, 0) is 19.8 Å². The van der Waals surface area contributed by atoms with E-state index in [1.807, 2.05) is 0 Å². The predicted molar refractivity (Wildman–Crippen MR) is 58.6 cm³/mol. The van der Waals surface area contributed by atoms with Gasteiger partial charge in [-0.2, -0.15) is 0 Å². The summed E-state index contributed by atoms with van der Waals surface area (Å²) >= 11 is 0. The zero-order valence-electron chi connectivity index (χ0n) is 9.75. The average Bonchev–Trinajstić information content (AvgIpc) is 2.62. The van der Waals surface area contributed by atoms with E-state index in [9.17, 15) is 4.79 Å². The van der Waals surface area contributed by atoms with Gasteiger partial charge in [-0.15, -0.1) is 0 Å². The van der Waals surface area contributed by atoms with E-state index < -0.39 is 5.97 Å². The van der Waals surface area contributed by atoms with E-state index in [-0.39, 0.29) is 11.2 Å². The summed E-state index contributed by atoms with van der Waals surface area (Å²) in [6, 6.07) is 0. The number of carboxylic acids is 1. The van der Waals surface area contributed by atoms with Gasteiger partial charge in [0.05, 0.1) is 5.69 Å². The molecule has 16 heavy (non-hydrogen) atoms. The Morgan fingerprint density at radius 1 is 1.38 bits per heavy atom. The second-order valence-electron chi connectivity index (χ2n) is 4.86. The minimum atomic E-state index is -1.03. The first-order valence-electron chi connectivity index (χ1n) is 5.74. The van der Waals surface area contributed by atoms with Crippen molar-refractivity contribution < 1.29 is 14.3 Å². The molecular formula is C12H17NO3. The number of aromatic nitrogens is 1. The third-order valence-corrected chi connectivity index (χ3v) is 3.46. The molecule has 0 saturated heterocycles. The van der Waals surface area contributed by atoms with Crippen molar-refractivity contribution >= 4 is 5.97 Å². The number of carbonyl (C=O) groups is 1. The van der Waals surface area contributed by atoms with Crippen LogP contribution in [0.4, 0.5) is 0 Å². The van der Waals surface area contributed by atoms with Gasteiger partial charge >= 0.3 is 5.97 Å². The molecule has 4 heteroatoms. The second-order valence-corrected chi connectivity index (χ2v) is 4.86. The monoisotopic (exact) mass is 223 g/mol. The van der Waals surface area contributed by atoms with Crippen LogP contribution in [0.25, 0.3) is 0 Å². The van der Waals surface area contributed by atoms with Crippen LogP contribution in [0.3, 0.4) is 0 Å². The van der Waals surface area contributed by atoms with E-state index in [1.165, 1.54) is 19.3 Å². The van der Waals surface area contributed by atoms with Gasteiger partial charge in [-0.1, -0.05) is 26.2 Å². The molecule has 1 aromatic rings. The summed E-state index contributed by atoms with van der Waals surface area (Å²) in [5.74, 6) is -0.445. The lowest BCUT2D eigenvalue weighted by Gasteiger charge is -2.30. The molecule has 0 unspecified atom stereocenters. The Kier molecular flexibility index (Phi) is 2.74. The molecule has 1 aliphatic carbocycles. The largest absolute Gasteiger partial charge is 0.475 e. The van der Waals surface area contributed by atoms with Crippen molar-refractivity contribution in [3.63, 3.8) is 0 Å². The van der Waals surface area contributed by atoms with E-state index in [0.717, 1.165) is 12.8 Å². The molecule has 88 valence electrons. The lowest BCUT2D eigenvalue weighted by molar-refractivity contribution is 0.0655. The Morgan fingerprint density at radius 2 is 2.00 bits per heavy atom. The van der Waals surface area contributed by atoms with Crippen molar-refractivity contribution in [1.29, 1.82) is 0 Å². The van der Waals surface area contributed by atoms with Crippen LogP contribution in [-0.2, 0) is 5.41 Å². The molecule has 0 radical (unpaired) electrons. The zero-order valence-corrected chi connectivity index (χ0v) is 9.75. The molecule has 1 saturated carbocycles. The number of nitrogens with zero attached hydrogens (tertiary/aromatic N) is 1. The molecule has 0 aromatic carbocycles. The molecule has 4 nitrogen and oxygen atoms in total. The minimum absolute atomic E-state index is 0.0122. The van der Waals surface area contributed by atoms with Crippen molar-refractivity contribution in [2.24, 2.45) is 0 Å². The summed E-state index contributed by atoms with van der Waals surface area (Å²) in [5.41, 5.74) is 0.408. The summed E-state index contributed by atoms with van der Waals surface area (Å²) in [6.45, 7) is 3.80. The smallest absolute Gasteiger partial charge is 0.373 e. The molecule has 0 atom stereocenters. The molecule has 0 aliphatic heterocycles. The number of aryl methyl sites for hydroxylation is 1. The maximum atomic E-state index is 10.9. The molecule has 0 amide bonds. The van der Waals surface area contributed by atoms with Crippen molar-refractivity contribution in [3.05, 3.63) is 17.3 Å². The predicted octanol–water partition coefficient (Wildman–Crippen LogP) is 2.90. The Bertz CT molecular complexity index is 402. The first-order valence-corrected chi connectivity index (χ1v) is 5.74. The summed E-state index contributed by atoms with van der Waals surface area (Å²) in [6.07, 6.45) is 5.65. The molecular weight excluding hydrogens is 206 g/mol. The minimum Gasteiger partial charge on any atom is -0.475 e. The highest BCUT2D eigenvalue weighted by Gasteiger charge is 2.34. The maximum absolute atomic E-state index is 10.9. The van der Waals surface area contributed by atoms with Crippen LogP contribution in [0, 0.1) is 6.92 Å². The van der Waals surface area contributed by atoms with Crippen molar-refractivity contribution in [1.82, 2.24) is 4.98 Å². The van der Waals surface area contributed by atoms with Crippen LogP contribution < -0.4 is 0 Å². The molecule has 0 spiro atoms. The SMILES string of the molecule is Cc1nc(C2(C)CCCCC2)oc1C(=O)O. The molecule has 1 N–H and O–H groups in total. The third kappa shape index (κ3) is 1.84. The van der Waals surface area contributed by atoms with Crippen LogP contribution in [0.1, 0.15) is 61.2 Å². The first-order chi connectivity index (χ1) is 7.53. The summed E-state index contributed by atoms with van der Waals surface area (Å²) in [4.78, 5) is 15.2. The van der Waals surface area contributed by atoms with Crippen LogP contribution in [-0.4, -0.2) is 16.1 Å². The maximum Gasteiger partial charge on any atom is 0.373 e. The average molecular weight is 223 g/mol. The lowest BCUT2D eigenvalue weighted by atomic mass is 9.76. The number of carboxylic acid groups (broad SMARTS) is 1. The molecule has 2 rings (SSSR count). The second kappa shape index (κ2) is 3.92. The van der Waals surface area contributed by atoms with E-state index >= 15 is 0 Å². The van der Waals surface area contributed by atoms with Gasteiger partial charge in [0, 0.05) is 5.41 Å². The number of aromatic carboxylic acids is 1. The first kappa shape index (κ1) is 11.2. The fourth-order valence-corrected chi connectivity index (χ4v) is 2.40. The normalized spacial score (nSPS) is 19.6. The molecule has 1 aliphatic rings. The quantitative estimate of drug-likeness (QED) is 0.837. The van der Waals surface area contributed by atoms with Gasteiger partial charge in [0.2, 0.25) is 11.7 Å². The highest BCUT2D eigenvalue weighted by molar-refractivity contribution is 5.85. The Balaban J connectivity index is 2.33. The summed E-state index contributed by atoms with van der Waals surface area (Å²) < 4.78 is 5.41. The zero-order chi connectivity index (χ0) is 11.8. The molecule has 0 bridgehead atoms. The van der Waals surface area contributed by atoms with Gasteiger partial charge in [-0.3, -0.25) is 0 Å². The van der Waals surface area contributed by atoms with Crippen molar-refractivity contribution in [2.45, 2.75) is 51.4 Å². The fourth-order valence-electron chi connectivity index (χ4n) is 2.40. The van der Waals surface area contributed by atoms with E-state index in [2.05, 4.69) is 11.9 Å². The molecule has 1 aromatic heterocycles. The van der Waals surface area contributed by atoms with Gasteiger partial charge < -0.3 is 9.52 Å². The molecule has 1 heterocycles. The standard InChI is InChI=1S/C12H17NO3/c1-8-9(10(14)15)16-11(13-8)12(2)6-4-3-5-7-12/h3-7H2,1-2H3,(H,14,15). The Labute approximate surface area is 94.7 Å². The fraction of sp³-hybridized carbons (Fsp3) is 0.667. The Morgan fingerprint density at radius 3 is 2.50 bits per heavy atom. The van der Waals surface area contributed by atoms with Gasteiger partial charge in [0.15, 0.2) is 0 Å². The van der Waals surface area contributed by atoms with Crippen LogP contribution >= 0.6 is 0 Å².